The van der Waals surface area contributed by atoms with Crippen molar-refractivity contribution in [1.29, 1.82) is 0 Å². The molecule has 21 heavy (non-hydrogen) atoms. The number of rotatable bonds is 4. The van der Waals surface area contributed by atoms with Gasteiger partial charge in [0.2, 0.25) is 11.8 Å². The van der Waals surface area contributed by atoms with E-state index < -0.39 is 11.2 Å². The third-order valence-corrected chi connectivity index (χ3v) is 4.04. The van der Waals surface area contributed by atoms with Crippen molar-refractivity contribution in [3.05, 3.63) is 29.8 Å². The Balaban J connectivity index is 2.16. The molecule has 0 aliphatic heterocycles. The topological polar surface area (TPSA) is 82.0 Å². The van der Waals surface area contributed by atoms with Gasteiger partial charge in [-0.2, -0.15) is 0 Å². The number of carbonyl (C=O) groups excluding carboxylic acids is 1. The SMILES string of the molecule is CC(Sc1nnc(-c2ccc(C(C)(C)C)cc2)o1)C(N)=O. The molecular formula is C15H19N3O2S. The number of thioether (sulfide) groups is 1. The molecule has 6 heteroatoms. The number of nitrogens with two attached hydrogens (primary N) is 1. The van der Waals surface area contributed by atoms with E-state index in [1.54, 1.807) is 6.92 Å². The molecule has 1 aromatic heterocycles. The van der Waals surface area contributed by atoms with Crippen LogP contribution in [0.15, 0.2) is 33.9 Å². The third-order valence-electron chi connectivity index (χ3n) is 3.08. The van der Waals surface area contributed by atoms with Gasteiger partial charge in [-0.1, -0.05) is 44.7 Å². The zero-order valence-corrected chi connectivity index (χ0v) is 13.4. The van der Waals surface area contributed by atoms with Crippen molar-refractivity contribution < 1.29 is 9.21 Å². The summed E-state index contributed by atoms with van der Waals surface area (Å²) in [5.41, 5.74) is 7.41. The second kappa shape index (κ2) is 5.89. The van der Waals surface area contributed by atoms with Gasteiger partial charge in [0.15, 0.2) is 0 Å². The fraction of sp³-hybridized carbons (Fsp3) is 0.400. The van der Waals surface area contributed by atoms with Crippen molar-refractivity contribution in [3.63, 3.8) is 0 Å². The summed E-state index contributed by atoms with van der Waals surface area (Å²) in [5, 5.41) is 7.87. The number of benzene rings is 1. The fourth-order valence-electron chi connectivity index (χ4n) is 1.70. The van der Waals surface area contributed by atoms with Gasteiger partial charge in [0.05, 0.1) is 5.25 Å². The van der Waals surface area contributed by atoms with E-state index in [-0.39, 0.29) is 5.41 Å². The normalized spacial score (nSPS) is 13.1. The molecular weight excluding hydrogens is 286 g/mol. The molecule has 0 fully saturated rings. The van der Waals surface area contributed by atoms with Crippen molar-refractivity contribution in [2.24, 2.45) is 5.73 Å². The minimum atomic E-state index is -0.408. The van der Waals surface area contributed by atoms with Crippen LogP contribution < -0.4 is 5.73 Å². The van der Waals surface area contributed by atoms with Gasteiger partial charge in [-0.15, -0.1) is 10.2 Å². The number of hydrogen-bond donors (Lipinski definition) is 1. The number of primary amides is 1. The summed E-state index contributed by atoms with van der Waals surface area (Å²) in [6.45, 7) is 8.19. The highest BCUT2D eigenvalue weighted by atomic mass is 32.2. The molecule has 2 aromatic rings. The Morgan fingerprint density at radius 2 is 1.86 bits per heavy atom. The van der Waals surface area contributed by atoms with Gasteiger partial charge in [-0.25, -0.2) is 0 Å². The zero-order chi connectivity index (χ0) is 15.6. The molecule has 1 aromatic carbocycles. The minimum Gasteiger partial charge on any atom is -0.411 e. The van der Waals surface area contributed by atoms with E-state index in [0.717, 1.165) is 17.3 Å². The van der Waals surface area contributed by atoms with Crippen LogP contribution in [0.2, 0.25) is 0 Å². The third kappa shape index (κ3) is 3.85. The van der Waals surface area contributed by atoms with Crippen LogP contribution in [0.4, 0.5) is 0 Å². The molecule has 0 radical (unpaired) electrons. The number of amides is 1. The lowest BCUT2D eigenvalue weighted by atomic mass is 9.87. The molecule has 1 unspecified atom stereocenters. The lowest BCUT2D eigenvalue weighted by Gasteiger charge is -2.18. The molecule has 2 rings (SSSR count). The van der Waals surface area contributed by atoms with E-state index >= 15 is 0 Å². The Hall–Kier alpha value is -1.82. The van der Waals surface area contributed by atoms with Crippen molar-refractivity contribution >= 4 is 17.7 Å². The molecule has 0 spiro atoms. The Labute approximate surface area is 128 Å². The Morgan fingerprint density at radius 1 is 1.24 bits per heavy atom. The van der Waals surface area contributed by atoms with Crippen LogP contribution in [0.25, 0.3) is 11.5 Å². The first-order valence-electron chi connectivity index (χ1n) is 6.68. The maximum atomic E-state index is 11.0. The number of hydrogen-bond acceptors (Lipinski definition) is 5. The zero-order valence-electron chi connectivity index (χ0n) is 12.6. The van der Waals surface area contributed by atoms with Gasteiger partial charge in [-0.3, -0.25) is 4.79 Å². The second-order valence-electron chi connectivity index (χ2n) is 5.86. The summed E-state index contributed by atoms with van der Waals surface area (Å²) in [7, 11) is 0. The Morgan fingerprint density at radius 3 is 2.38 bits per heavy atom. The standard InChI is InChI=1S/C15H19N3O2S/c1-9(12(16)19)21-14-18-17-13(20-14)10-5-7-11(8-6-10)15(2,3)4/h5-9H,1-4H3,(H2,16,19). The molecule has 2 N–H and O–H groups in total. The summed E-state index contributed by atoms with van der Waals surface area (Å²) in [6.07, 6.45) is 0. The number of carbonyl (C=O) groups is 1. The van der Waals surface area contributed by atoms with Gasteiger partial charge < -0.3 is 10.2 Å². The van der Waals surface area contributed by atoms with E-state index in [2.05, 4.69) is 43.1 Å². The largest absolute Gasteiger partial charge is 0.411 e. The summed E-state index contributed by atoms with van der Waals surface area (Å²) >= 11 is 1.16. The van der Waals surface area contributed by atoms with E-state index in [4.69, 9.17) is 10.2 Å². The van der Waals surface area contributed by atoms with Crippen molar-refractivity contribution in [2.45, 2.75) is 43.6 Å². The number of aromatic nitrogens is 2. The molecule has 0 saturated carbocycles. The van der Waals surface area contributed by atoms with Crippen LogP contribution in [-0.4, -0.2) is 21.4 Å². The highest BCUT2D eigenvalue weighted by Crippen LogP contribution is 2.28. The van der Waals surface area contributed by atoms with E-state index in [1.165, 1.54) is 5.56 Å². The molecule has 0 aliphatic carbocycles. The highest BCUT2D eigenvalue weighted by Gasteiger charge is 2.17. The van der Waals surface area contributed by atoms with Gasteiger partial charge in [0.25, 0.3) is 5.22 Å². The van der Waals surface area contributed by atoms with Crippen LogP contribution in [0, 0.1) is 0 Å². The Bertz CT molecular complexity index is 629. The summed E-state index contributed by atoms with van der Waals surface area (Å²) in [5.74, 6) is 0.0314. The summed E-state index contributed by atoms with van der Waals surface area (Å²) in [6, 6.07) is 8.02. The molecule has 0 aliphatic rings. The van der Waals surface area contributed by atoms with Gasteiger partial charge >= 0.3 is 0 Å². The van der Waals surface area contributed by atoms with Gasteiger partial charge in [-0.05, 0) is 30.0 Å². The molecule has 1 atom stereocenters. The highest BCUT2D eigenvalue weighted by molar-refractivity contribution is 8.00. The van der Waals surface area contributed by atoms with Crippen LogP contribution >= 0.6 is 11.8 Å². The molecule has 1 amide bonds. The molecule has 5 nitrogen and oxygen atoms in total. The quantitative estimate of drug-likeness (QED) is 0.878. The minimum absolute atomic E-state index is 0.102. The second-order valence-corrected chi connectivity index (χ2v) is 7.15. The lowest BCUT2D eigenvalue weighted by Crippen LogP contribution is -2.22. The Kier molecular flexibility index (Phi) is 4.37. The van der Waals surface area contributed by atoms with E-state index in [9.17, 15) is 4.79 Å². The van der Waals surface area contributed by atoms with Gasteiger partial charge in [0.1, 0.15) is 0 Å². The molecule has 1 heterocycles. The van der Waals surface area contributed by atoms with Gasteiger partial charge in [0, 0.05) is 5.56 Å². The average Bonchev–Trinajstić information content (AvgIpc) is 2.86. The predicted molar refractivity (Wildman–Crippen MR) is 82.9 cm³/mol. The number of nitrogens with zero attached hydrogens (tertiary/aromatic N) is 2. The summed E-state index contributed by atoms with van der Waals surface area (Å²) in [4.78, 5) is 11.0. The van der Waals surface area contributed by atoms with E-state index in [0.29, 0.717) is 11.1 Å². The predicted octanol–water partition coefficient (Wildman–Crippen LogP) is 3.00. The van der Waals surface area contributed by atoms with Crippen LogP contribution in [0.1, 0.15) is 33.3 Å². The smallest absolute Gasteiger partial charge is 0.277 e. The molecule has 0 bridgehead atoms. The average molecular weight is 305 g/mol. The molecule has 0 saturated heterocycles. The van der Waals surface area contributed by atoms with E-state index in [1.807, 2.05) is 12.1 Å². The lowest BCUT2D eigenvalue weighted by molar-refractivity contribution is -0.117. The van der Waals surface area contributed by atoms with Crippen molar-refractivity contribution in [1.82, 2.24) is 10.2 Å². The molecule has 112 valence electrons. The van der Waals surface area contributed by atoms with Crippen LogP contribution in [0.5, 0.6) is 0 Å². The maximum absolute atomic E-state index is 11.0. The first-order chi connectivity index (χ1) is 9.77. The van der Waals surface area contributed by atoms with Crippen molar-refractivity contribution in [3.8, 4) is 11.5 Å². The monoisotopic (exact) mass is 305 g/mol. The fourth-order valence-corrected chi connectivity index (χ4v) is 2.33. The summed E-state index contributed by atoms with van der Waals surface area (Å²) < 4.78 is 5.55. The van der Waals surface area contributed by atoms with Crippen LogP contribution in [0.3, 0.4) is 0 Å². The van der Waals surface area contributed by atoms with Crippen LogP contribution in [-0.2, 0) is 10.2 Å². The van der Waals surface area contributed by atoms with Crippen molar-refractivity contribution in [2.75, 3.05) is 0 Å². The first-order valence-corrected chi connectivity index (χ1v) is 7.56. The maximum Gasteiger partial charge on any atom is 0.277 e. The first kappa shape index (κ1) is 15.6.